The molecule has 0 aliphatic heterocycles. The normalized spacial score (nSPS) is 10.6. The Bertz CT molecular complexity index is 448. The highest BCUT2D eigenvalue weighted by Crippen LogP contribution is 2.20. The highest BCUT2D eigenvalue weighted by Gasteiger charge is 2.01. The van der Waals surface area contributed by atoms with Crippen LogP contribution in [-0.4, -0.2) is 28.6 Å². The van der Waals surface area contributed by atoms with Crippen molar-refractivity contribution in [1.82, 2.24) is 9.78 Å². The molecule has 0 amide bonds. The van der Waals surface area contributed by atoms with E-state index >= 15 is 0 Å². The molecule has 1 N–H and O–H groups in total. The van der Waals surface area contributed by atoms with Gasteiger partial charge in [-0.15, -0.1) is 0 Å². The van der Waals surface area contributed by atoms with Crippen LogP contribution in [0.25, 0.3) is 11.1 Å². The van der Waals surface area contributed by atoms with Crippen LogP contribution in [0.4, 0.5) is 0 Å². The lowest BCUT2D eigenvalue weighted by atomic mass is 10.1. The molecule has 0 unspecified atom stereocenters. The van der Waals surface area contributed by atoms with Crippen LogP contribution >= 0.6 is 0 Å². The quantitative estimate of drug-likeness (QED) is 0.852. The summed E-state index contributed by atoms with van der Waals surface area (Å²) >= 11 is 0. The Morgan fingerprint density at radius 1 is 1.25 bits per heavy atom. The lowest BCUT2D eigenvalue weighted by Crippen LogP contribution is -2.03. The number of hydrogen-bond donors (Lipinski definition) is 1. The van der Waals surface area contributed by atoms with E-state index in [1.807, 2.05) is 29.2 Å². The first-order chi connectivity index (χ1) is 7.79. The van der Waals surface area contributed by atoms with Gasteiger partial charge in [0.25, 0.3) is 0 Å². The van der Waals surface area contributed by atoms with Crippen LogP contribution in [0, 0.1) is 0 Å². The number of aromatic nitrogens is 2. The number of phenols is 1. The summed E-state index contributed by atoms with van der Waals surface area (Å²) in [4.78, 5) is 0. The Morgan fingerprint density at radius 2 is 2.00 bits per heavy atom. The Labute approximate surface area is 94.1 Å². The van der Waals surface area contributed by atoms with E-state index in [2.05, 4.69) is 5.10 Å². The van der Waals surface area contributed by atoms with Crippen molar-refractivity contribution in [2.45, 2.75) is 6.54 Å². The number of benzene rings is 1. The molecule has 4 heteroatoms. The van der Waals surface area contributed by atoms with E-state index < -0.39 is 0 Å². The van der Waals surface area contributed by atoms with Crippen LogP contribution in [0.1, 0.15) is 0 Å². The molecule has 0 bridgehead atoms. The lowest BCUT2D eigenvalue weighted by molar-refractivity contribution is 0.183. The molecule has 1 heterocycles. The van der Waals surface area contributed by atoms with Crippen molar-refractivity contribution in [3.63, 3.8) is 0 Å². The van der Waals surface area contributed by atoms with E-state index in [9.17, 15) is 5.11 Å². The van der Waals surface area contributed by atoms with Gasteiger partial charge in [0.15, 0.2) is 0 Å². The lowest BCUT2D eigenvalue weighted by Gasteiger charge is -1.99. The summed E-state index contributed by atoms with van der Waals surface area (Å²) in [6.07, 6.45) is 3.77. The average molecular weight is 218 g/mol. The summed E-state index contributed by atoms with van der Waals surface area (Å²) in [6, 6.07) is 7.07. The topological polar surface area (TPSA) is 47.3 Å². The fourth-order valence-corrected chi connectivity index (χ4v) is 1.47. The Hall–Kier alpha value is -1.81. The third kappa shape index (κ3) is 2.41. The second-order valence-corrected chi connectivity index (χ2v) is 3.53. The molecule has 84 valence electrons. The third-order valence-corrected chi connectivity index (χ3v) is 2.36. The van der Waals surface area contributed by atoms with Gasteiger partial charge in [-0.2, -0.15) is 5.10 Å². The van der Waals surface area contributed by atoms with E-state index in [1.54, 1.807) is 19.2 Å². The first kappa shape index (κ1) is 10.7. The summed E-state index contributed by atoms with van der Waals surface area (Å²) < 4.78 is 6.82. The zero-order chi connectivity index (χ0) is 11.4. The van der Waals surface area contributed by atoms with Crippen LogP contribution in [0.15, 0.2) is 36.7 Å². The van der Waals surface area contributed by atoms with Crippen LogP contribution in [0.3, 0.4) is 0 Å². The van der Waals surface area contributed by atoms with Gasteiger partial charge in [-0.1, -0.05) is 12.1 Å². The van der Waals surface area contributed by atoms with E-state index in [0.717, 1.165) is 17.7 Å². The zero-order valence-electron chi connectivity index (χ0n) is 9.13. The maximum Gasteiger partial charge on any atom is 0.115 e. The van der Waals surface area contributed by atoms with Crippen LogP contribution in [0.2, 0.25) is 0 Å². The van der Waals surface area contributed by atoms with Crippen molar-refractivity contribution in [3.8, 4) is 16.9 Å². The second kappa shape index (κ2) is 4.81. The number of phenolic OH excluding ortho intramolecular Hbond substituents is 1. The molecule has 16 heavy (non-hydrogen) atoms. The third-order valence-electron chi connectivity index (χ3n) is 2.36. The molecular weight excluding hydrogens is 204 g/mol. The predicted molar refractivity (Wildman–Crippen MR) is 61.2 cm³/mol. The first-order valence-corrected chi connectivity index (χ1v) is 5.10. The Morgan fingerprint density at radius 3 is 2.69 bits per heavy atom. The van der Waals surface area contributed by atoms with Crippen molar-refractivity contribution in [2.75, 3.05) is 13.7 Å². The molecule has 0 saturated carbocycles. The molecule has 2 rings (SSSR count). The highest BCUT2D eigenvalue weighted by atomic mass is 16.5. The van der Waals surface area contributed by atoms with Crippen molar-refractivity contribution in [1.29, 1.82) is 0 Å². The fourth-order valence-electron chi connectivity index (χ4n) is 1.47. The van der Waals surface area contributed by atoms with E-state index in [0.29, 0.717) is 6.61 Å². The van der Waals surface area contributed by atoms with E-state index in [1.165, 1.54) is 0 Å². The maximum atomic E-state index is 9.19. The monoisotopic (exact) mass is 218 g/mol. The summed E-state index contributed by atoms with van der Waals surface area (Å²) in [5, 5.41) is 13.4. The first-order valence-electron chi connectivity index (χ1n) is 5.10. The summed E-state index contributed by atoms with van der Waals surface area (Å²) in [6.45, 7) is 1.39. The van der Waals surface area contributed by atoms with E-state index in [-0.39, 0.29) is 5.75 Å². The number of aromatic hydroxyl groups is 1. The number of ether oxygens (including phenoxy) is 1. The number of hydrogen-bond acceptors (Lipinski definition) is 3. The van der Waals surface area contributed by atoms with Gasteiger partial charge in [0, 0.05) is 18.9 Å². The minimum Gasteiger partial charge on any atom is -0.508 e. The Balaban J connectivity index is 2.15. The van der Waals surface area contributed by atoms with Gasteiger partial charge in [-0.25, -0.2) is 0 Å². The number of nitrogens with zero attached hydrogens (tertiary/aromatic N) is 2. The smallest absolute Gasteiger partial charge is 0.115 e. The molecule has 0 radical (unpaired) electrons. The van der Waals surface area contributed by atoms with Crippen molar-refractivity contribution < 1.29 is 9.84 Å². The van der Waals surface area contributed by atoms with Crippen LogP contribution in [-0.2, 0) is 11.3 Å². The molecule has 0 aliphatic carbocycles. The van der Waals surface area contributed by atoms with Crippen molar-refractivity contribution >= 4 is 0 Å². The van der Waals surface area contributed by atoms with Gasteiger partial charge < -0.3 is 9.84 Å². The van der Waals surface area contributed by atoms with Gasteiger partial charge in [0.05, 0.1) is 19.3 Å². The minimum atomic E-state index is 0.274. The van der Waals surface area contributed by atoms with Gasteiger partial charge in [0.2, 0.25) is 0 Å². The molecule has 0 fully saturated rings. The molecular formula is C12H14N2O2. The average Bonchev–Trinajstić information content (AvgIpc) is 2.76. The number of methoxy groups -OCH3 is 1. The SMILES string of the molecule is COCCn1cc(-c2ccc(O)cc2)cn1. The van der Waals surface area contributed by atoms with Gasteiger partial charge in [-0.3, -0.25) is 4.68 Å². The number of rotatable bonds is 4. The predicted octanol–water partition coefficient (Wildman–Crippen LogP) is 1.90. The molecule has 0 saturated heterocycles. The molecule has 0 spiro atoms. The van der Waals surface area contributed by atoms with Crippen LogP contribution in [0.5, 0.6) is 5.75 Å². The van der Waals surface area contributed by atoms with Gasteiger partial charge in [0.1, 0.15) is 5.75 Å². The molecule has 0 atom stereocenters. The largest absolute Gasteiger partial charge is 0.508 e. The molecule has 0 aliphatic rings. The molecule has 1 aromatic heterocycles. The minimum absolute atomic E-state index is 0.274. The summed E-state index contributed by atoms with van der Waals surface area (Å²) in [7, 11) is 1.67. The molecule has 2 aromatic rings. The molecule has 4 nitrogen and oxygen atoms in total. The standard InChI is InChI=1S/C12H14N2O2/c1-16-7-6-14-9-11(8-13-14)10-2-4-12(15)5-3-10/h2-5,8-9,15H,6-7H2,1H3. The van der Waals surface area contributed by atoms with E-state index in [4.69, 9.17) is 4.74 Å². The zero-order valence-corrected chi connectivity index (χ0v) is 9.13. The van der Waals surface area contributed by atoms with Crippen molar-refractivity contribution in [2.24, 2.45) is 0 Å². The highest BCUT2D eigenvalue weighted by molar-refractivity contribution is 5.62. The Kier molecular flexibility index (Phi) is 3.22. The molecule has 1 aromatic carbocycles. The second-order valence-electron chi connectivity index (χ2n) is 3.53. The van der Waals surface area contributed by atoms with Gasteiger partial charge in [-0.05, 0) is 17.7 Å². The van der Waals surface area contributed by atoms with Crippen molar-refractivity contribution in [3.05, 3.63) is 36.7 Å². The summed E-state index contributed by atoms with van der Waals surface area (Å²) in [5.41, 5.74) is 2.08. The fraction of sp³-hybridized carbons (Fsp3) is 0.250. The van der Waals surface area contributed by atoms with Gasteiger partial charge >= 0.3 is 0 Å². The van der Waals surface area contributed by atoms with Crippen LogP contribution < -0.4 is 0 Å². The maximum absolute atomic E-state index is 9.19. The summed E-state index contributed by atoms with van der Waals surface area (Å²) in [5.74, 6) is 0.274.